The van der Waals surface area contributed by atoms with Gasteiger partial charge in [-0.3, -0.25) is 0 Å². The van der Waals surface area contributed by atoms with E-state index >= 15 is 0 Å². The van der Waals surface area contributed by atoms with Gasteiger partial charge < -0.3 is 10.6 Å². The van der Waals surface area contributed by atoms with E-state index in [9.17, 15) is 0 Å². The first kappa shape index (κ1) is 12.0. The van der Waals surface area contributed by atoms with Gasteiger partial charge in [-0.1, -0.05) is 24.3 Å². The second kappa shape index (κ2) is 5.31. The number of pyridine rings is 1. The lowest BCUT2D eigenvalue weighted by Gasteiger charge is -2.24. The van der Waals surface area contributed by atoms with Crippen LogP contribution in [-0.4, -0.2) is 11.5 Å². The van der Waals surface area contributed by atoms with Gasteiger partial charge in [0.25, 0.3) is 0 Å². The average Bonchev–Trinajstić information content (AvgIpc) is 2.62. The van der Waals surface area contributed by atoms with Crippen LogP contribution in [0.5, 0.6) is 0 Å². The van der Waals surface area contributed by atoms with E-state index in [-0.39, 0.29) is 0 Å². The zero-order valence-corrected chi connectivity index (χ0v) is 11.0. The Bertz CT molecular complexity index is 565. The van der Waals surface area contributed by atoms with Crippen molar-refractivity contribution in [3.63, 3.8) is 0 Å². The van der Waals surface area contributed by atoms with Crippen molar-refractivity contribution in [3.8, 4) is 0 Å². The van der Waals surface area contributed by atoms with Crippen LogP contribution in [0.25, 0.3) is 0 Å². The first-order valence-electron chi connectivity index (χ1n) is 6.87. The summed E-state index contributed by atoms with van der Waals surface area (Å²) in [5, 5.41) is 0. The molecule has 19 heavy (non-hydrogen) atoms. The molecular weight excluding hydrogens is 234 g/mol. The summed E-state index contributed by atoms with van der Waals surface area (Å²) in [6.07, 6.45) is 3.67. The van der Waals surface area contributed by atoms with Gasteiger partial charge in [0.1, 0.15) is 5.82 Å². The molecule has 0 saturated carbocycles. The minimum atomic E-state index is 0.598. The molecule has 1 aliphatic rings. The molecule has 0 radical (unpaired) electrons. The predicted molar refractivity (Wildman–Crippen MR) is 79.1 cm³/mol. The van der Waals surface area contributed by atoms with Crippen molar-refractivity contribution >= 4 is 11.5 Å². The number of para-hydroxylation sites is 1. The standard InChI is InChI=1S/C16H19N3/c17-16-10-5-8-14(18-16)12-19-11-4-3-7-13-6-1-2-9-15(13)19/h1-2,5-6,8-10H,3-4,7,11-12H2,(H2,17,18). The zero-order chi connectivity index (χ0) is 13.1. The van der Waals surface area contributed by atoms with Gasteiger partial charge in [-0.05, 0) is 43.0 Å². The Labute approximate surface area is 114 Å². The number of nitrogen functional groups attached to an aromatic ring is 1. The SMILES string of the molecule is Nc1cccc(CN2CCCCc3ccccc32)n1. The van der Waals surface area contributed by atoms with Gasteiger partial charge >= 0.3 is 0 Å². The molecule has 98 valence electrons. The van der Waals surface area contributed by atoms with E-state index in [1.807, 2.05) is 18.2 Å². The molecule has 2 aromatic rings. The number of anilines is 2. The molecule has 0 atom stereocenters. The molecule has 0 amide bonds. The smallest absolute Gasteiger partial charge is 0.123 e. The van der Waals surface area contributed by atoms with Crippen molar-refractivity contribution < 1.29 is 0 Å². The molecule has 0 aliphatic carbocycles. The van der Waals surface area contributed by atoms with Crippen LogP contribution in [0.3, 0.4) is 0 Å². The molecule has 2 N–H and O–H groups in total. The quantitative estimate of drug-likeness (QED) is 0.894. The summed E-state index contributed by atoms with van der Waals surface area (Å²) in [7, 11) is 0. The normalized spacial score (nSPS) is 14.8. The van der Waals surface area contributed by atoms with Crippen LogP contribution in [0.1, 0.15) is 24.1 Å². The minimum absolute atomic E-state index is 0.598. The van der Waals surface area contributed by atoms with E-state index in [0.717, 1.165) is 18.8 Å². The highest BCUT2D eigenvalue weighted by Gasteiger charge is 2.15. The fraction of sp³-hybridized carbons (Fsp3) is 0.312. The largest absolute Gasteiger partial charge is 0.384 e. The van der Waals surface area contributed by atoms with Gasteiger partial charge in [0, 0.05) is 12.2 Å². The third-order valence-electron chi connectivity index (χ3n) is 3.64. The number of fused-ring (bicyclic) bond motifs is 1. The summed E-state index contributed by atoms with van der Waals surface area (Å²) in [6, 6.07) is 14.5. The van der Waals surface area contributed by atoms with Crippen LogP contribution in [0.2, 0.25) is 0 Å². The van der Waals surface area contributed by atoms with Crippen molar-refractivity contribution in [1.29, 1.82) is 0 Å². The van der Waals surface area contributed by atoms with E-state index < -0.39 is 0 Å². The van der Waals surface area contributed by atoms with E-state index in [2.05, 4.69) is 34.1 Å². The topological polar surface area (TPSA) is 42.1 Å². The van der Waals surface area contributed by atoms with Gasteiger partial charge in [-0.2, -0.15) is 0 Å². The molecule has 0 bridgehead atoms. The molecular formula is C16H19N3. The molecule has 1 aromatic heterocycles. The van der Waals surface area contributed by atoms with E-state index in [4.69, 9.17) is 5.73 Å². The summed E-state index contributed by atoms with van der Waals surface area (Å²) in [4.78, 5) is 6.83. The summed E-state index contributed by atoms with van der Waals surface area (Å²) in [5.74, 6) is 0.598. The number of aromatic nitrogens is 1. The molecule has 1 aliphatic heterocycles. The lowest BCUT2D eigenvalue weighted by atomic mass is 10.1. The maximum atomic E-state index is 5.76. The predicted octanol–water partition coefficient (Wildman–Crippen LogP) is 3.01. The third-order valence-corrected chi connectivity index (χ3v) is 3.64. The second-order valence-electron chi connectivity index (χ2n) is 5.06. The number of nitrogens with two attached hydrogens (primary N) is 1. The molecule has 1 aromatic carbocycles. The van der Waals surface area contributed by atoms with Crippen molar-refractivity contribution in [2.75, 3.05) is 17.2 Å². The summed E-state index contributed by atoms with van der Waals surface area (Å²) in [6.45, 7) is 1.93. The maximum absolute atomic E-state index is 5.76. The molecule has 0 saturated heterocycles. The zero-order valence-electron chi connectivity index (χ0n) is 11.0. The lowest BCUT2D eigenvalue weighted by Crippen LogP contribution is -2.24. The Morgan fingerprint density at radius 3 is 2.84 bits per heavy atom. The van der Waals surface area contributed by atoms with Crippen LogP contribution in [-0.2, 0) is 13.0 Å². The highest BCUT2D eigenvalue weighted by molar-refractivity contribution is 5.54. The van der Waals surface area contributed by atoms with Crippen molar-refractivity contribution in [2.45, 2.75) is 25.8 Å². The summed E-state index contributed by atoms with van der Waals surface area (Å²) in [5.41, 5.74) is 9.60. The maximum Gasteiger partial charge on any atom is 0.123 e. The highest BCUT2D eigenvalue weighted by atomic mass is 15.1. The Balaban J connectivity index is 1.88. The van der Waals surface area contributed by atoms with Gasteiger partial charge in [0.05, 0.1) is 12.2 Å². The van der Waals surface area contributed by atoms with Crippen molar-refractivity contribution in [1.82, 2.24) is 4.98 Å². The average molecular weight is 253 g/mol. The summed E-state index contributed by atoms with van der Waals surface area (Å²) < 4.78 is 0. The van der Waals surface area contributed by atoms with Gasteiger partial charge in [-0.15, -0.1) is 0 Å². The van der Waals surface area contributed by atoms with Crippen LogP contribution < -0.4 is 10.6 Å². The van der Waals surface area contributed by atoms with Crippen LogP contribution >= 0.6 is 0 Å². The van der Waals surface area contributed by atoms with E-state index in [1.54, 1.807) is 0 Å². The van der Waals surface area contributed by atoms with Crippen molar-refractivity contribution in [2.24, 2.45) is 0 Å². The number of benzene rings is 1. The van der Waals surface area contributed by atoms with Gasteiger partial charge in [0.2, 0.25) is 0 Å². The Kier molecular flexibility index (Phi) is 3.36. The molecule has 3 rings (SSSR count). The molecule has 3 nitrogen and oxygen atoms in total. The molecule has 3 heteroatoms. The number of nitrogens with zero attached hydrogens (tertiary/aromatic N) is 2. The van der Waals surface area contributed by atoms with Crippen LogP contribution in [0, 0.1) is 0 Å². The van der Waals surface area contributed by atoms with Crippen LogP contribution in [0.4, 0.5) is 11.5 Å². The van der Waals surface area contributed by atoms with Gasteiger partial charge in [-0.25, -0.2) is 4.98 Å². The number of hydrogen-bond acceptors (Lipinski definition) is 3. The third kappa shape index (κ3) is 2.70. The number of aryl methyl sites for hydroxylation is 1. The lowest BCUT2D eigenvalue weighted by molar-refractivity contribution is 0.708. The molecule has 0 unspecified atom stereocenters. The summed E-state index contributed by atoms with van der Waals surface area (Å²) >= 11 is 0. The van der Waals surface area contributed by atoms with E-state index in [0.29, 0.717) is 5.82 Å². The minimum Gasteiger partial charge on any atom is -0.384 e. The Morgan fingerprint density at radius 1 is 1.05 bits per heavy atom. The fourth-order valence-corrected chi connectivity index (χ4v) is 2.72. The van der Waals surface area contributed by atoms with E-state index in [1.165, 1.54) is 30.5 Å². The first-order chi connectivity index (χ1) is 9.33. The highest BCUT2D eigenvalue weighted by Crippen LogP contribution is 2.27. The molecule has 0 spiro atoms. The first-order valence-corrected chi connectivity index (χ1v) is 6.87. The Hall–Kier alpha value is -2.03. The molecule has 2 heterocycles. The molecule has 0 fully saturated rings. The van der Waals surface area contributed by atoms with Crippen molar-refractivity contribution in [3.05, 3.63) is 53.7 Å². The fourth-order valence-electron chi connectivity index (χ4n) is 2.72. The second-order valence-corrected chi connectivity index (χ2v) is 5.06. The Morgan fingerprint density at radius 2 is 1.95 bits per heavy atom. The monoisotopic (exact) mass is 253 g/mol. The number of rotatable bonds is 2. The van der Waals surface area contributed by atoms with Gasteiger partial charge in [0.15, 0.2) is 0 Å². The van der Waals surface area contributed by atoms with Crippen LogP contribution in [0.15, 0.2) is 42.5 Å². The number of hydrogen-bond donors (Lipinski definition) is 1.